The monoisotopic (exact) mass is 335 g/mol. The number of amides is 1. The number of methoxy groups -OCH3 is 1. The Balaban J connectivity index is 2.03. The van der Waals surface area contributed by atoms with Crippen LogP contribution in [0.2, 0.25) is 0 Å². The molecule has 0 saturated carbocycles. The fraction of sp³-hybridized carbons (Fsp3) is 0.278. The molecule has 0 aromatic heterocycles. The van der Waals surface area contributed by atoms with Crippen molar-refractivity contribution >= 4 is 5.91 Å². The molecule has 0 radical (unpaired) electrons. The number of carbonyl (C=O) groups is 1. The molecule has 1 amide bonds. The van der Waals surface area contributed by atoms with E-state index in [9.17, 15) is 13.6 Å². The van der Waals surface area contributed by atoms with E-state index >= 15 is 0 Å². The van der Waals surface area contributed by atoms with Crippen molar-refractivity contribution in [2.24, 2.45) is 0 Å². The number of hydrogen-bond donors (Lipinski definition) is 0. The van der Waals surface area contributed by atoms with Crippen molar-refractivity contribution in [3.8, 4) is 11.5 Å². The Morgan fingerprint density at radius 3 is 2.54 bits per heavy atom. The summed E-state index contributed by atoms with van der Waals surface area (Å²) in [7, 11) is 3.19. The molecule has 24 heavy (non-hydrogen) atoms. The van der Waals surface area contributed by atoms with Crippen molar-refractivity contribution in [2.45, 2.75) is 13.0 Å². The largest absolute Gasteiger partial charge is 0.496 e. The Kier molecular flexibility index (Phi) is 5.73. The molecular formula is C18H19F2NO3. The molecule has 2 aromatic rings. The fourth-order valence-electron chi connectivity index (χ4n) is 2.27. The molecule has 128 valence electrons. The highest BCUT2D eigenvalue weighted by atomic mass is 19.1. The van der Waals surface area contributed by atoms with Crippen LogP contribution in [0, 0.1) is 11.6 Å². The van der Waals surface area contributed by atoms with Crippen LogP contribution < -0.4 is 9.47 Å². The van der Waals surface area contributed by atoms with Crippen LogP contribution >= 0.6 is 0 Å². The predicted molar refractivity (Wildman–Crippen MR) is 86.0 cm³/mol. The third-order valence-corrected chi connectivity index (χ3v) is 3.81. The summed E-state index contributed by atoms with van der Waals surface area (Å²) in [5, 5.41) is 0. The number of hydrogen-bond acceptors (Lipinski definition) is 3. The number of carbonyl (C=O) groups excluding carboxylic acids is 1. The minimum Gasteiger partial charge on any atom is -0.496 e. The van der Waals surface area contributed by atoms with Gasteiger partial charge >= 0.3 is 0 Å². The maximum atomic E-state index is 13.5. The number of rotatable bonds is 6. The van der Waals surface area contributed by atoms with Gasteiger partial charge in [0, 0.05) is 18.7 Å². The average Bonchev–Trinajstić information content (AvgIpc) is 2.59. The molecule has 6 heteroatoms. The number of ether oxygens (including phenoxy) is 2. The maximum Gasteiger partial charge on any atom is 0.260 e. The van der Waals surface area contributed by atoms with E-state index in [4.69, 9.17) is 9.47 Å². The summed E-state index contributed by atoms with van der Waals surface area (Å²) in [6.45, 7) is 1.51. The molecule has 2 aromatic carbocycles. The summed E-state index contributed by atoms with van der Waals surface area (Å²) in [4.78, 5) is 13.8. The minimum atomic E-state index is -0.844. The normalized spacial score (nSPS) is 11.7. The Morgan fingerprint density at radius 2 is 1.88 bits per heavy atom. The SMILES string of the molecule is COc1ccccc1C(C)N(C)C(=O)COc1ccc(F)cc1F. The topological polar surface area (TPSA) is 38.8 Å². The fourth-order valence-corrected chi connectivity index (χ4v) is 2.27. The molecule has 1 atom stereocenters. The van der Waals surface area contributed by atoms with E-state index in [1.54, 1.807) is 14.2 Å². The van der Waals surface area contributed by atoms with E-state index in [2.05, 4.69) is 0 Å². The van der Waals surface area contributed by atoms with E-state index in [1.165, 1.54) is 4.90 Å². The van der Waals surface area contributed by atoms with E-state index in [-0.39, 0.29) is 24.3 Å². The summed E-state index contributed by atoms with van der Waals surface area (Å²) in [6, 6.07) is 10.1. The van der Waals surface area contributed by atoms with Gasteiger partial charge in [0.1, 0.15) is 11.6 Å². The molecule has 0 aliphatic heterocycles. The van der Waals surface area contributed by atoms with Gasteiger partial charge in [-0.05, 0) is 25.1 Å². The molecule has 4 nitrogen and oxygen atoms in total. The molecule has 2 rings (SSSR count). The molecule has 0 saturated heterocycles. The standard InChI is InChI=1S/C18H19F2NO3/c1-12(14-6-4-5-7-16(14)23-3)21(2)18(22)11-24-17-9-8-13(19)10-15(17)20/h4-10,12H,11H2,1-3H3. The quantitative estimate of drug-likeness (QED) is 0.810. The van der Waals surface area contributed by atoms with E-state index in [0.29, 0.717) is 11.8 Å². The zero-order valence-electron chi connectivity index (χ0n) is 13.8. The van der Waals surface area contributed by atoms with Gasteiger partial charge in [0.2, 0.25) is 0 Å². The van der Waals surface area contributed by atoms with Gasteiger partial charge in [0.25, 0.3) is 5.91 Å². The van der Waals surface area contributed by atoms with Crippen LogP contribution in [-0.2, 0) is 4.79 Å². The second-order valence-electron chi connectivity index (χ2n) is 5.29. The van der Waals surface area contributed by atoms with Crippen molar-refractivity contribution in [1.29, 1.82) is 0 Å². The van der Waals surface area contributed by atoms with Crippen LogP contribution in [0.1, 0.15) is 18.5 Å². The Hall–Kier alpha value is -2.63. The lowest BCUT2D eigenvalue weighted by Crippen LogP contribution is -2.33. The first kappa shape index (κ1) is 17.7. The lowest BCUT2D eigenvalue weighted by atomic mass is 10.1. The Bertz CT molecular complexity index is 721. The van der Waals surface area contributed by atoms with Crippen LogP contribution in [0.3, 0.4) is 0 Å². The van der Waals surface area contributed by atoms with Crippen LogP contribution in [0.4, 0.5) is 8.78 Å². The smallest absolute Gasteiger partial charge is 0.260 e. The summed E-state index contributed by atoms with van der Waals surface area (Å²) in [5.74, 6) is -1.37. The minimum absolute atomic E-state index is 0.164. The third-order valence-electron chi connectivity index (χ3n) is 3.81. The van der Waals surface area contributed by atoms with E-state index in [0.717, 1.165) is 17.7 Å². The highest BCUT2D eigenvalue weighted by Crippen LogP contribution is 2.28. The first-order valence-electron chi connectivity index (χ1n) is 7.40. The van der Waals surface area contributed by atoms with E-state index in [1.807, 2.05) is 31.2 Å². The molecule has 0 fully saturated rings. The lowest BCUT2D eigenvalue weighted by Gasteiger charge is -2.26. The van der Waals surface area contributed by atoms with Gasteiger partial charge in [-0.1, -0.05) is 18.2 Å². The number of likely N-dealkylation sites (N-methyl/N-ethyl adjacent to an activating group) is 1. The van der Waals surface area contributed by atoms with Gasteiger partial charge in [-0.15, -0.1) is 0 Å². The van der Waals surface area contributed by atoms with Crippen LogP contribution in [-0.4, -0.2) is 31.6 Å². The highest BCUT2D eigenvalue weighted by molar-refractivity contribution is 5.78. The predicted octanol–water partition coefficient (Wildman–Crippen LogP) is 3.57. The number of para-hydroxylation sites is 1. The Labute approximate surface area is 139 Å². The molecule has 0 spiro atoms. The van der Waals surface area contributed by atoms with Gasteiger partial charge in [-0.25, -0.2) is 8.78 Å². The van der Waals surface area contributed by atoms with Crippen molar-refractivity contribution in [1.82, 2.24) is 4.90 Å². The number of halogens is 2. The van der Waals surface area contributed by atoms with Crippen molar-refractivity contribution in [3.05, 3.63) is 59.7 Å². The van der Waals surface area contributed by atoms with Crippen molar-refractivity contribution in [3.63, 3.8) is 0 Å². The third kappa shape index (κ3) is 4.01. The van der Waals surface area contributed by atoms with Crippen LogP contribution in [0.25, 0.3) is 0 Å². The number of benzene rings is 2. The van der Waals surface area contributed by atoms with Gasteiger partial charge in [-0.3, -0.25) is 4.79 Å². The first-order valence-corrected chi connectivity index (χ1v) is 7.40. The maximum absolute atomic E-state index is 13.5. The molecule has 0 bridgehead atoms. The van der Waals surface area contributed by atoms with Crippen molar-refractivity contribution in [2.75, 3.05) is 20.8 Å². The Morgan fingerprint density at radius 1 is 1.17 bits per heavy atom. The van der Waals surface area contributed by atoms with Crippen molar-refractivity contribution < 1.29 is 23.0 Å². The molecule has 0 N–H and O–H groups in total. The zero-order chi connectivity index (χ0) is 17.7. The van der Waals surface area contributed by atoms with Crippen LogP contribution in [0.5, 0.6) is 11.5 Å². The number of nitrogens with zero attached hydrogens (tertiary/aromatic N) is 1. The molecule has 0 heterocycles. The second kappa shape index (κ2) is 7.77. The van der Waals surface area contributed by atoms with Gasteiger partial charge in [-0.2, -0.15) is 0 Å². The van der Waals surface area contributed by atoms with Gasteiger partial charge in [0.15, 0.2) is 18.2 Å². The molecular weight excluding hydrogens is 316 g/mol. The van der Waals surface area contributed by atoms with Gasteiger partial charge < -0.3 is 14.4 Å². The lowest BCUT2D eigenvalue weighted by molar-refractivity contribution is -0.134. The van der Waals surface area contributed by atoms with Crippen LogP contribution in [0.15, 0.2) is 42.5 Å². The second-order valence-corrected chi connectivity index (χ2v) is 5.29. The summed E-state index contributed by atoms with van der Waals surface area (Å²) in [6.07, 6.45) is 0. The van der Waals surface area contributed by atoms with E-state index < -0.39 is 11.6 Å². The summed E-state index contributed by atoms with van der Waals surface area (Å²) >= 11 is 0. The first-order chi connectivity index (χ1) is 11.4. The molecule has 0 aliphatic rings. The zero-order valence-corrected chi connectivity index (χ0v) is 13.8. The average molecular weight is 335 g/mol. The highest BCUT2D eigenvalue weighted by Gasteiger charge is 2.21. The van der Waals surface area contributed by atoms with Gasteiger partial charge in [0.05, 0.1) is 13.2 Å². The molecule has 0 aliphatic carbocycles. The molecule has 1 unspecified atom stereocenters. The summed E-state index contributed by atoms with van der Waals surface area (Å²) < 4.78 is 36.8. The summed E-state index contributed by atoms with van der Waals surface area (Å²) in [5.41, 5.74) is 0.851.